The van der Waals surface area contributed by atoms with Gasteiger partial charge in [-0.2, -0.15) is 60.5 Å². The second-order valence-electron chi connectivity index (χ2n) is 18.0. The smallest absolute Gasteiger partial charge is 0.282 e. The Labute approximate surface area is 475 Å². The van der Waals surface area contributed by atoms with E-state index in [1.807, 2.05) is 0 Å². The van der Waals surface area contributed by atoms with Crippen molar-refractivity contribution in [1.29, 1.82) is 0 Å². The lowest BCUT2D eigenvalue weighted by Gasteiger charge is -2.21. The first-order valence-corrected chi connectivity index (χ1v) is 31.9. The van der Waals surface area contributed by atoms with Crippen molar-refractivity contribution in [1.82, 2.24) is 0 Å². The number of benzene rings is 2. The second-order valence-corrected chi connectivity index (χ2v) is 26.4. The maximum absolute atomic E-state index is 13.5. The summed E-state index contributed by atoms with van der Waals surface area (Å²) in [5.74, 6) is -3.85. The summed E-state index contributed by atoms with van der Waals surface area (Å²) >= 11 is 0. The minimum atomic E-state index is -5.44. The van der Waals surface area contributed by atoms with Crippen molar-refractivity contribution in [2.24, 2.45) is 30.0 Å². The van der Waals surface area contributed by atoms with Gasteiger partial charge in [0.2, 0.25) is 0 Å². The first kappa shape index (κ1) is 61.7. The van der Waals surface area contributed by atoms with Gasteiger partial charge in [-0.15, -0.1) is 0 Å². The minimum absolute atomic E-state index is 0.00507. The zero-order valence-electron chi connectivity index (χ0n) is 41.9. The second kappa shape index (κ2) is 23.0. The molecular weight excluding hydrogens is 1230 g/mol. The number of urea groups is 1. The molecule has 0 fully saturated rings. The Bertz CT molecular complexity index is 4710. The van der Waals surface area contributed by atoms with Gasteiger partial charge in [0.1, 0.15) is 9.79 Å². The molecule has 2 aromatic carbocycles. The van der Waals surface area contributed by atoms with Crippen LogP contribution in [0.4, 0.5) is 4.79 Å². The fraction of sp³-hybridized carbons (Fsp3) is 0.122. The van der Waals surface area contributed by atoms with E-state index in [1.165, 1.54) is 66.8 Å². The van der Waals surface area contributed by atoms with Gasteiger partial charge >= 0.3 is 6.03 Å². The number of carbonyl (C=O) groups excluding carboxylic acids is 5. The van der Waals surface area contributed by atoms with Crippen LogP contribution >= 0.6 is 0 Å². The van der Waals surface area contributed by atoms with E-state index >= 15 is 0 Å². The van der Waals surface area contributed by atoms with Crippen molar-refractivity contribution >= 4 is 134 Å². The maximum atomic E-state index is 13.5. The lowest BCUT2D eigenvalue weighted by molar-refractivity contribution is -0.115. The van der Waals surface area contributed by atoms with Crippen LogP contribution in [0.3, 0.4) is 0 Å². The summed E-state index contributed by atoms with van der Waals surface area (Å²) in [6.45, 7) is 0. The van der Waals surface area contributed by atoms with Crippen LogP contribution in [0.15, 0.2) is 181 Å². The number of fused-ring (bicyclic) bond motifs is 2. The molecule has 0 atom stereocenters. The van der Waals surface area contributed by atoms with E-state index in [0.29, 0.717) is 24.3 Å². The molecule has 8 rings (SSSR count). The van der Waals surface area contributed by atoms with Crippen LogP contribution in [0.5, 0.6) is 0 Å². The van der Waals surface area contributed by atoms with Crippen LogP contribution in [0.2, 0.25) is 0 Å². The summed E-state index contributed by atoms with van der Waals surface area (Å²) in [7, 11) is -31.8. The van der Waals surface area contributed by atoms with Crippen molar-refractivity contribution in [2.75, 3.05) is 0 Å². The molecule has 6 amide bonds. The fourth-order valence-electron chi connectivity index (χ4n) is 8.66. The maximum Gasteiger partial charge on any atom is 0.367 e. The van der Waals surface area contributed by atoms with Crippen LogP contribution in [0, 0.1) is 0 Å². The molecule has 29 nitrogen and oxygen atoms in total. The highest BCUT2D eigenvalue weighted by molar-refractivity contribution is 7.95. The Morgan fingerprint density at radius 3 is 1.14 bits per heavy atom. The van der Waals surface area contributed by atoms with Gasteiger partial charge < -0.3 is 0 Å². The quantitative estimate of drug-likeness (QED) is 0.184. The van der Waals surface area contributed by atoms with Crippen LogP contribution in [0.25, 0.3) is 9.81 Å². The van der Waals surface area contributed by atoms with Crippen molar-refractivity contribution in [3.05, 3.63) is 154 Å². The Morgan fingerprint density at radius 1 is 0.393 bits per heavy atom. The molecule has 6 aliphatic carbocycles. The van der Waals surface area contributed by atoms with Gasteiger partial charge in [0.25, 0.3) is 84.3 Å². The highest BCUT2D eigenvalue weighted by atomic mass is 32.2. The van der Waals surface area contributed by atoms with Gasteiger partial charge in [-0.25, -0.2) is 24.8 Å². The van der Waals surface area contributed by atoms with Crippen LogP contribution < -0.4 is 0 Å². The molecule has 436 valence electrons. The zero-order valence-corrected chi connectivity index (χ0v) is 46.8. The van der Waals surface area contributed by atoms with Crippen molar-refractivity contribution in [3.8, 4) is 0 Å². The summed E-state index contributed by atoms with van der Waals surface area (Å²) in [5, 5.41) is 0. The fourth-order valence-corrected chi connectivity index (χ4v) is 12.9. The minimum Gasteiger partial charge on any atom is -0.282 e. The van der Waals surface area contributed by atoms with E-state index in [4.69, 9.17) is 0 Å². The largest absolute Gasteiger partial charge is 0.367 e. The van der Waals surface area contributed by atoms with Crippen molar-refractivity contribution < 1.29 is 102 Å². The number of aliphatic imine (C=N–C) groups is 6. The lowest BCUT2D eigenvalue weighted by atomic mass is 9.94. The zero-order chi connectivity index (χ0) is 61.6. The van der Waals surface area contributed by atoms with Crippen molar-refractivity contribution in [3.63, 3.8) is 0 Å². The Kier molecular flexibility index (Phi) is 16.9. The molecule has 84 heavy (non-hydrogen) atoms. The van der Waals surface area contributed by atoms with Crippen molar-refractivity contribution in [2.45, 2.75) is 58.1 Å². The van der Waals surface area contributed by atoms with Gasteiger partial charge in [0.15, 0.2) is 0 Å². The number of rotatable bonds is 10. The Hall–Kier alpha value is -8.33. The molecular formula is C49H36N6O23S6. The number of carbonyl (C=O) groups is 5. The van der Waals surface area contributed by atoms with Gasteiger partial charge in [0.05, 0.1) is 48.2 Å². The molecule has 0 radical (unpaired) electrons. The molecule has 0 saturated heterocycles. The number of hydrogen-bond acceptors (Lipinski definition) is 17. The predicted octanol–water partition coefficient (Wildman–Crippen LogP) is 3.75. The van der Waals surface area contributed by atoms with Gasteiger partial charge in [-0.05, 0) is 61.1 Å². The molecule has 35 heteroatoms. The molecule has 0 aromatic heterocycles. The molecule has 0 spiro atoms. The molecule has 0 aliphatic heterocycles. The van der Waals surface area contributed by atoms with E-state index in [-0.39, 0.29) is 70.8 Å². The van der Waals surface area contributed by atoms with E-state index < -0.39 is 166 Å². The van der Waals surface area contributed by atoms with Crippen LogP contribution in [-0.4, -0.2) is 142 Å². The molecule has 2 aromatic rings. The number of amides is 6. The molecule has 0 unspecified atom stereocenters. The van der Waals surface area contributed by atoms with E-state index in [9.17, 15) is 102 Å². The third-order valence-electron chi connectivity index (χ3n) is 12.3. The summed E-state index contributed by atoms with van der Waals surface area (Å²) in [6, 6.07) is 0.516. The average Bonchev–Trinajstić information content (AvgIpc) is 1.29. The van der Waals surface area contributed by atoms with Gasteiger partial charge in [-0.3, -0.25) is 46.5 Å². The Balaban J connectivity index is 0.928. The molecule has 0 heterocycles. The van der Waals surface area contributed by atoms with Crippen LogP contribution in [0.1, 0.15) is 60.8 Å². The monoisotopic (exact) mass is 1270 g/mol. The Morgan fingerprint density at radius 2 is 0.762 bits per heavy atom. The molecule has 0 bridgehead atoms. The summed E-state index contributed by atoms with van der Waals surface area (Å²) in [6.07, 6.45) is 15.5. The summed E-state index contributed by atoms with van der Waals surface area (Å²) in [5.41, 5.74) is -4.50. The number of hydrogen-bond donors (Lipinski definition) is 6. The first-order chi connectivity index (χ1) is 38.9. The highest BCUT2D eigenvalue weighted by Gasteiger charge is 2.36. The summed E-state index contributed by atoms with van der Waals surface area (Å²) < 4.78 is 206. The SMILES string of the molecule is O=C(/N=C1\C=CC=C(C(=O)N=C2C=CCC(C(=O)N=C3CC=C(S(=O)(=O)O)c4cc(S(=O)(=O)O)cc(S(=O)(=O)O)c43)=C2)C1)/N=C1\C=CC=C(C(=O)N=C2C=CC=C(C(=O)N=C3CC=C(S(=O)(=O)O)c4cc(S(=O)(=O)O)cc(S(=O)(=O)O)c43)C2)C1. The number of allylic oxidation sites excluding steroid dienone is 14. The van der Waals surface area contributed by atoms with Gasteiger partial charge in [-0.1, -0.05) is 54.7 Å². The third kappa shape index (κ3) is 14.2. The highest BCUT2D eigenvalue weighted by Crippen LogP contribution is 2.39. The molecule has 6 aliphatic rings. The topological polar surface area (TPSA) is 486 Å². The van der Waals surface area contributed by atoms with E-state index in [1.54, 1.807) is 0 Å². The number of nitrogens with zero attached hydrogens (tertiary/aromatic N) is 6. The lowest BCUT2D eigenvalue weighted by Crippen LogP contribution is -2.21. The predicted molar refractivity (Wildman–Crippen MR) is 296 cm³/mol. The van der Waals surface area contributed by atoms with Gasteiger partial charge in [0, 0.05) is 82.4 Å². The first-order valence-electron chi connectivity index (χ1n) is 23.2. The molecule has 0 saturated carbocycles. The average molecular weight is 1270 g/mol. The van der Waals surface area contributed by atoms with E-state index in [2.05, 4.69) is 30.0 Å². The standard InChI is InChI=1S/C49H36N6O23S6/c56-45(50-29-9-1-7-27(17-29)47(58)54-37-13-15-39(81(67,68)69)35-21-33(79(61,62)63)23-41(43(35)37)83(73,74)75)25-5-3-11-31(19-25)52-49(60)53-32-12-4-6-26(20-32)46(57)51-30-10-2-8-28(18-30)48(59)55-38-14-16-40(82(70,71)72)36-22-34(80(64,65)66)24-42(44(36)38)84(76,77)78/h1-7,9-12,15-16,18,21-24H,8,13-14,17,19-20H2,(H,61,62,63)(H,64,65,66)(H,67,68,69)(H,70,71,72)(H,73,74,75)(H,76,77,78)/b50-29?,51-30?,52-31+,53-32+,54-37?,55-38?. The molecule has 6 N–H and O–H groups in total. The van der Waals surface area contributed by atoms with E-state index in [0.717, 1.165) is 18.2 Å². The third-order valence-corrected chi connectivity index (χ3v) is 17.6. The summed E-state index contributed by atoms with van der Waals surface area (Å²) in [4.78, 5) is 83.8. The van der Waals surface area contributed by atoms with Crippen LogP contribution in [-0.2, 0) is 79.9 Å². The normalized spacial score (nSPS) is 20.5.